The summed E-state index contributed by atoms with van der Waals surface area (Å²) in [6, 6.07) is 1.00. The molecule has 0 saturated carbocycles. The molecule has 112 valence electrons. The van der Waals surface area contributed by atoms with Crippen molar-refractivity contribution in [1.82, 2.24) is 9.88 Å². The van der Waals surface area contributed by atoms with Crippen molar-refractivity contribution in [2.75, 3.05) is 31.1 Å². The summed E-state index contributed by atoms with van der Waals surface area (Å²) in [6.07, 6.45) is 1.10. The minimum Gasteiger partial charge on any atom is -0.478 e. The van der Waals surface area contributed by atoms with Gasteiger partial charge >= 0.3 is 11.7 Å². The van der Waals surface area contributed by atoms with Crippen LogP contribution in [-0.2, 0) is 4.79 Å². The molecule has 0 spiro atoms. The molecule has 1 amide bonds. The third kappa shape index (κ3) is 3.07. The van der Waals surface area contributed by atoms with Crippen molar-refractivity contribution in [3.8, 4) is 0 Å². The Hall–Kier alpha value is -2.71. The Bertz CT molecular complexity index is 595. The number of piperazine rings is 1. The average molecular weight is 294 g/mol. The number of aromatic carboxylic acids is 1. The Balaban J connectivity index is 2.26. The van der Waals surface area contributed by atoms with Crippen molar-refractivity contribution >= 4 is 23.4 Å². The van der Waals surface area contributed by atoms with Gasteiger partial charge in [0, 0.05) is 45.4 Å². The first kappa shape index (κ1) is 14.7. The summed E-state index contributed by atoms with van der Waals surface area (Å²) < 4.78 is 0. The number of carboxylic acid groups (broad SMARTS) is 1. The van der Waals surface area contributed by atoms with Gasteiger partial charge in [-0.2, -0.15) is 0 Å². The van der Waals surface area contributed by atoms with Gasteiger partial charge in [0.1, 0.15) is 0 Å². The third-order valence-corrected chi connectivity index (χ3v) is 3.32. The molecule has 9 nitrogen and oxygen atoms in total. The van der Waals surface area contributed by atoms with E-state index < -0.39 is 10.9 Å². The minimum absolute atomic E-state index is 0.0432. The van der Waals surface area contributed by atoms with Gasteiger partial charge in [-0.1, -0.05) is 0 Å². The highest BCUT2D eigenvalue weighted by Crippen LogP contribution is 2.27. The summed E-state index contributed by atoms with van der Waals surface area (Å²) in [6.45, 7) is 3.21. The van der Waals surface area contributed by atoms with Crippen LogP contribution in [0.2, 0.25) is 0 Å². The lowest BCUT2D eigenvalue weighted by Crippen LogP contribution is -2.48. The highest BCUT2D eigenvalue weighted by molar-refractivity contribution is 5.88. The zero-order valence-electron chi connectivity index (χ0n) is 11.4. The Kier molecular flexibility index (Phi) is 4.01. The summed E-state index contributed by atoms with van der Waals surface area (Å²) in [5.74, 6) is -1.18. The topological polar surface area (TPSA) is 117 Å². The van der Waals surface area contributed by atoms with E-state index in [1.165, 1.54) is 6.92 Å². The second kappa shape index (κ2) is 5.73. The maximum absolute atomic E-state index is 11.3. The van der Waals surface area contributed by atoms with E-state index in [4.69, 9.17) is 5.11 Å². The Labute approximate surface area is 119 Å². The van der Waals surface area contributed by atoms with Gasteiger partial charge in [-0.05, 0) is 0 Å². The molecule has 0 aromatic carbocycles. The number of rotatable bonds is 3. The van der Waals surface area contributed by atoms with Gasteiger partial charge < -0.3 is 14.9 Å². The van der Waals surface area contributed by atoms with E-state index in [0.717, 1.165) is 12.3 Å². The molecule has 2 rings (SSSR count). The normalized spacial score (nSPS) is 14.9. The summed E-state index contributed by atoms with van der Waals surface area (Å²) in [5, 5.41) is 20.0. The fourth-order valence-electron chi connectivity index (χ4n) is 2.17. The number of carboxylic acids is 1. The van der Waals surface area contributed by atoms with Crippen LogP contribution in [0.15, 0.2) is 12.3 Å². The molecule has 21 heavy (non-hydrogen) atoms. The van der Waals surface area contributed by atoms with Crippen molar-refractivity contribution in [2.24, 2.45) is 0 Å². The van der Waals surface area contributed by atoms with Gasteiger partial charge in [0.05, 0.1) is 10.5 Å². The van der Waals surface area contributed by atoms with Crippen molar-refractivity contribution < 1.29 is 19.6 Å². The summed E-state index contributed by atoms with van der Waals surface area (Å²) in [5.41, 5.74) is -0.570. The van der Waals surface area contributed by atoms with Crippen LogP contribution >= 0.6 is 0 Å². The minimum atomic E-state index is -1.27. The SMILES string of the molecule is CC(=O)N1CCN(c2ncc(C(=O)O)cc2[N+](=O)[O-])CC1. The number of nitro groups is 1. The van der Waals surface area contributed by atoms with E-state index in [-0.39, 0.29) is 23.0 Å². The number of hydrogen-bond donors (Lipinski definition) is 1. The molecule has 1 aromatic rings. The number of carbonyl (C=O) groups is 2. The molecule has 1 aliphatic heterocycles. The average Bonchev–Trinajstić information content (AvgIpc) is 2.46. The highest BCUT2D eigenvalue weighted by Gasteiger charge is 2.27. The summed E-state index contributed by atoms with van der Waals surface area (Å²) >= 11 is 0. The molecular weight excluding hydrogens is 280 g/mol. The highest BCUT2D eigenvalue weighted by atomic mass is 16.6. The summed E-state index contributed by atoms with van der Waals surface area (Å²) in [4.78, 5) is 39.8. The molecule has 0 bridgehead atoms. The molecule has 0 atom stereocenters. The van der Waals surface area contributed by atoms with Crippen molar-refractivity contribution in [3.63, 3.8) is 0 Å². The number of carbonyl (C=O) groups excluding carboxylic acids is 1. The van der Waals surface area contributed by atoms with Crippen molar-refractivity contribution in [1.29, 1.82) is 0 Å². The van der Waals surface area contributed by atoms with Gasteiger partial charge in [-0.25, -0.2) is 9.78 Å². The number of aromatic nitrogens is 1. The monoisotopic (exact) mass is 294 g/mol. The lowest BCUT2D eigenvalue weighted by atomic mass is 10.2. The third-order valence-electron chi connectivity index (χ3n) is 3.32. The number of pyridine rings is 1. The standard InChI is InChI=1S/C12H14N4O5/c1-8(17)14-2-4-15(5-3-14)11-10(16(20)21)6-9(7-13-11)12(18)19/h6-7H,2-5H2,1H3,(H,18,19). The first-order valence-corrected chi connectivity index (χ1v) is 6.28. The molecule has 0 unspecified atom stereocenters. The molecule has 0 aliphatic carbocycles. The van der Waals surface area contributed by atoms with E-state index in [2.05, 4.69) is 4.98 Å². The van der Waals surface area contributed by atoms with E-state index in [9.17, 15) is 19.7 Å². The van der Waals surface area contributed by atoms with Crippen molar-refractivity contribution in [3.05, 3.63) is 27.9 Å². The van der Waals surface area contributed by atoms with Crippen LogP contribution in [0.3, 0.4) is 0 Å². The van der Waals surface area contributed by atoms with Crippen LogP contribution < -0.4 is 4.90 Å². The number of hydrogen-bond acceptors (Lipinski definition) is 6. The lowest BCUT2D eigenvalue weighted by Gasteiger charge is -2.34. The zero-order chi connectivity index (χ0) is 15.6. The summed E-state index contributed by atoms with van der Waals surface area (Å²) in [7, 11) is 0. The second-order valence-electron chi connectivity index (χ2n) is 4.62. The lowest BCUT2D eigenvalue weighted by molar-refractivity contribution is -0.384. The maximum Gasteiger partial charge on any atom is 0.337 e. The van der Waals surface area contributed by atoms with Gasteiger partial charge in [-0.15, -0.1) is 0 Å². The van der Waals surface area contributed by atoms with Gasteiger partial charge in [0.15, 0.2) is 0 Å². The number of nitrogens with zero attached hydrogens (tertiary/aromatic N) is 4. The molecule has 1 N–H and O–H groups in total. The molecule has 1 aliphatic rings. The van der Waals surface area contributed by atoms with Gasteiger partial charge in [0.2, 0.25) is 11.7 Å². The van der Waals surface area contributed by atoms with Crippen LogP contribution in [0.25, 0.3) is 0 Å². The predicted molar refractivity (Wildman–Crippen MR) is 72.3 cm³/mol. The Morgan fingerprint density at radius 2 is 1.95 bits per heavy atom. The Morgan fingerprint density at radius 3 is 2.43 bits per heavy atom. The van der Waals surface area contributed by atoms with Crippen molar-refractivity contribution in [2.45, 2.75) is 6.92 Å². The fourth-order valence-corrected chi connectivity index (χ4v) is 2.17. The van der Waals surface area contributed by atoms with E-state index in [1.54, 1.807) is 9.80 Å². The first-order chi connectivity index (χ1) is 9.90. The molecule has 0 radical (unpaired) electrons. The predicted octanol–water partition coefficient (Wildman–Crippen LogP) is 0.356. The molecular formula is C12H14N4O5. The Morgan fingerprint density at radius 1 is 1.33 bits per heavy atom. The van der Waals surface area contributed by atoms with Crippen LogP contribution in [0.4, 0.5) is 11.5 Å². The number of amides is 1. The van der Waals surface area contributed by atoms with E-state index in [1.807, 2.05) is 0 Å². The number of anilines is 1. The van der Waals surface area contributed by atoms with E-state index >= 15 is 0 Å². The van der Waals surface area contributed by atoms with Gasteiger partial charge in [-0.3, -0.25) is 14.9 Å². The molecule has 2 heterocycles. The second-order valence-corrected chi connectivity index (χ2v) is 4.62. The quantitative estimate of drug-likeness (QED) is 0.631. The van der Waals surface area contributed by atoms with Gasteiger partial charge in [0.25, 0.3) is 0 Å². The molecule has 1 aromatic heterocycles. The van der Waals surface area contributed by atoms with Crippen LogP contribution in [0.5, 0.6) is 0 Å². The molecule has 1 saturated heterocycles. The maximum atomic E-state index is 11.3. The molecule has 1 fully saturated rings. The van der Waals surface area contributed by atoms with Crippen LogP contribution in [0, 0.1) is 10.1 Å². The fraction of sp³-hybridized carbons (Fsp3) is 0.417. The smallest absolute Gasteiger partial charge is 0.337 e. The van der Waals surface area contributed by atoms with Crippen LogP contribution in [-0.4, -0.2) is 58.0 Å². The molecule has 9 heteroatoms. The largest absolute Gasteiger partial charge is 0.478 e. The zero-order valence-corrected chi connectivity index (χ0v) is 11.4. The van der Waals surface area contributed by atoms with E-state index in [0.29, 0.717) is 26.2 Å². The first-order valence-electron chi connectivity index (χ1n) is 6.28. The van der Waals surface area contributed by atoms with Crippen LogP contribution in [0.1, 0.15) is 17.3 Å².